The molecule has 0 aliphatic carbocycles. The largest absolute Gasteiger partial charge is 0.454 e. The fraction of sp³-hybridized carbons (Fsp3) is 0.200. The summed E-state index contributed by atoms with van der Waals surface area (Å²) in [6.07, 6.45) is 3.58. The molecule has 0 saturated heterocycles. The molecule has 1 amide bonds. The third-order valence-corrected chi connectivity index (χ3v) is 3.81. The standard InChI is InChI=1S/C15H14N2O3S/c1-21-15-11(3-2-6-16-15)14(18)17-8-10-4-5-12-13(7-10)20-9-19-12/h2-7H,8-9H2,1H3,(H,17,18). The molecule has 0 radical (unpaired) electrons. The highest BCUT2D eigenvalue weighted by Crippen LogP contribution is 2.32. The van der Waals surface area contributed by atoms with Gasteiger partial charge in [0.05, 0.1) is 5.56 Å². The van der Waals surface area contributed by atoms with Crippen molar-refractivity contribution in [3.8, 4) is 11.5 Å². The van der Waals surface area contributed by atoms with Crippen LogP contribution < -0.4 is 14.8 Å². The van der Waals surface area contributed by atoms with Crippen LogP contribution in [0.1, 0.15) is 15.9 Å². The third kappa shape index (κ3) is 2.95. The van der Waals surface area contributed by atoms with E-state index in [2.05, 4.69) is 10.3 Å². The van der Waals surface area contributed by atoms with Crippen molar-refractivity contribution in [3.05, 3.63) is 47.7 Å². The minimum absolute atomic E-state index is 0.134. The Morgan fingerprint density at radius 1 is 1.33 bits per heavy atom. The second kappa shape index (κ2) is 6.05. The number of hydrogen-bond donors (Lipinski definition) is 1. The van der Waals surface area contributed by atoms with Crippen LogP contribution in [0.2, 0.25) is 0 Å². The number of carbonyl (C=O) groups is 1. The minimum Gasteiger partial charge on any atom is -0.454 e. The Morgan fingerprint density at radius 2 is 2.19 bits per heavy atom. The highest BCUT2D eigenvalue weighted by atomic mass is 32.2. The number of benzene rings is 1. The van der Waals surface area contributed by atoms with Gasteiger partial charge in [0.15, 0.2) is 11.5 Å². The lowest BCUT2D eigenvalue weighted by Crippen LogP contribution is -2.23. The van der Waals surface area contributed by atoms with E-state index in [0.29, 0.717) is 17.9 Å². The first-order chi connectivity index (χ1) is 10.3. The molecule has 0 atom stereocenters. The summed E-state index contributed by atoms with van der Waals surface area (Å²) < 4.78 is 10.6. The van der Waals surface area contributed by atoms with Crippen LogP contribution in [0.15, 0.2) is 41.6 Å². The molecule has 21 heavy (non-hydrogen) atoms. The fourth-order valence-corrected chi connectivity index (χ4v) is 2.60. The van der Waals surface area contributed by atoms with Gasteiger partial charge in [0.1, 0.15) is 5.03 Å². The molecule has 0 spiro atoms. The Balaban J connectivity index is 1.68. The molecule has 3 rings (SSSR count). The maximum absolute atomic E-state index is 12.2. The van der Waals surface area contributed by atoms with Crippen LogP contribution in [-0.2, 0) is 6.54 Å². The Kier molecular flexibility index (Phi) is 3.96. The second-order valence-corrected chi connectivity index (χ2v) is 5.23. The zero-order valence-electron chi connectivity index (χ0n) is 11.5. The molecule has 0 fully saturated rings. The number of rotatable bonds is 4. The predicted octanol–water partition coefficient (Wildman–Crippen LogP) is 2.46. The molecule has 5 nitrogen and oxygen atoms in total. The monoisotopic (exact) mass is 302 g/mol. The molecule has 2 heterocycles. The van der Waals surface area contributed by atoms with E-state index >= 15 is 0 Å². The molecule has 1 aromatic heterocycles. The smallest absolute Gasteiger partial charge is 0.254 e. The molecule has 0 saturated carbocycles. The van der Waals surface area contributed by atoms with Gasteiger partial charge in [0.2, 0.25) is 6.79 Å². The first-order valence-corrected chi connectivity index (χ1v) is 7.66. The van der Waals surface area contributed by atoms with E-state index in [1.165, 1.54) is 11.8 Å². The molecule has 0 unspecified atom stereocenters. The SMILES string of the molecule is CSc1ncccc1C(=O)NCc1ccc2c(c1)OCO2. The molecule has 108 valence electrons. The predicted molar refractivity (Wildman–Crippen MR) is 79.8 cm³/mol. The molecule has 1 aromatic carbocycles. The number of hydrogen-bond acceptors (Lipinski definition) is 5. The van der Waals surface area contributed by atoms with Crippen LogP contribution in [0.25, 0.3) is 0 Å². The number of ether oxygens (including phenoxy) is 2. The summed E-state index contributed by atoms with van der Waals surface area (Å²) in [6.45, 7) is 0.677. The summed E-state index contributed by atoms with van der Waals surface area (Å²) in [5.41, 5.74) is 1.55. The zero-order chi connectivity index (χ0) is 14.7. The van der Waals surface area contributed by atoms with Gasteiger partial charge in [0, 0.05) is 12.7 Å². The van der Waals surface area contributed by atoms with Crippen molar-refractivity contribution in [1.29, 1.82) is 0 Å². The van der Waals surface area contributed by atoms with Crippen LogP contribution >= 0.6 is 11.8 Å². The Hall–Kier alpha value is -2.21. The Bertz CT molecular complexity index is 676. The highest BCUT2D eigenvalue weighted by molar-refractivity contribution is 7.98. The van der Waals surface area contributed by atoms with E-state index in [0.717, 1.165) is 16.3 Å². The van der Waals surface area contributed by atoms with Crippen molar-refractivity contribution in [3.63, 3.8) is 0 Å². The van der Waals surface area contributed by atoms with Crippen molar-refractivity contribution in [1.82, 2.24) is 10.3 Å². The molecule has 2 aromatic rings. The van der Waals surface area contributed by atoms with Crippen molar-refractivity contribution < 1.29 is 14.3 Å². The highest BCUT2D eigenvalue weighted by Gasteiger charge is 2.14. The van der Waals surface area contributed by atoms with Gasteiger partial charge in [-0.25, -0.2) is 4.98 Å². The van der Waals surface area contributed by atoms with E-state index in [-0.39, 0.29) is 12.7 Å². The second-order valence-electron chi connectivity index (χ2n) is 4.43. The van der Waals surface area contributed by atoms with Crippen LogP contribution in [0.4, 0.5) is 0 Å². The summed E-state index contributed by atoms with van der Waals surface area (Å²) in [6, 6.07) is 9.16. The van der Waals surface area contributed by atoms with E-state index in [1.54, 1.807) is 18.3 Å². The minimum atomic E-state index is -0.134. The van der Waals surface area contributed by atoms with E-state index in [1.807, 2.05) is 24.5 Å². The van der Waals surface area contributed by atoms with E-state index in [9.17, 15) is 4.79 Å². The molecule has 1 N–H and O–H groups in total. The lowest BCUT2D eigenvalue weighted by Gasteiger charge is -2.08. The number of carbonyl (C=O) groups excluding carboxylic acids is 1. The molecule has 1 aliphatic rings. The lowest BCUT2D eigenvalue weighted by atomic mass is 10.2. The molecular weight excluding hydrogens is 288 g/mol. The fourth-order valence-electron chi connectivity index (χ4n) is 2.05. The van der Waals surface area contributed by atoms with Crippen molar-refractivity contribution >= 4 is 17.7 Å². The first-order valence-electron chi connectivity index (χ1n) is 6.43. The number of pyridine rings is 1. The van der Waals surface area contributed by atoms with Crippen LogP contribution in [-0.4, -0.2) is 23.9 Å². The quantitative estimate of drug-likeness (QED) is 0.879. The van der Waals surface area contributed by atoms with Gasteiger partial charge < -0.3 is 14.8 Å². The number of aromatic nitrogens is 1. The van der Waals surface area contributed by atoms with Gasteiger partial charge >= 0.3 is 0 Å². The maximum atomic E-state index is 12.2. The number of nitrogens with zero attached hydrogens (tertiary/aromatic N) is 1. The molecule has 6 heteroatoms. The van der Waals surface area contributed by atoms with Crippen LogP contribution in [0.5, 0.6) is 11.5 Å². The summed E-state index contributed by atoms with van der Waals surface area (Å²) >= 11 is 1.45. The Morgan fingerprint density at radius 3 is 3.05 bits per heavy atom. The summed E-state index contributed by atoms with van der Waals surface area (Å²) in [7, 11) is 0. The number of amides is 1. The average molecular weight is 302 g/mol. The van der Waals surface area contributed by atoms with Gasteiger partial charge in [0.25, 0.3) is 5.91 Å². The molecule has 1 aliphatic heterocycles. The number of thioether (sulfide) groups is 1. The zero-order valence-corrected chi connectivity index (χ0v) is 12.3. The normalized spacial score (nSPS) is 12.2. The van der Waals surface area contributed by atoms with Crippen LogP contribution in [0.3, 0.4) is 0 Å². The Labute approximate surface area is 126 Å². The first kappa shape index (κ1) is 13.8. The summed E-state index contributed by atoms with van der Waals surface area (Å²) in [5, 5.41) is 3.62. The van der Waals surface area contributed by atoms with Gasteiger partial charge in [-0.1, -0.05) is 6.07 Å². The van der Waals surface area contributed by atoms with Gasteiger partial charge in [-0.3, -0.25) is 4.79 Å². The van der Waals surface area contributed by atoms with Crippen LogP contribution in [0, 0.1) is 0 Å². The third-order valence-electron chi connectivity index (χ3n) is 3.10. The average Bonchev–Trinajstić information content (AvgIpc) is 3.00. The van der Waals surface area contributed by atoms with Crippen molar-refractivity contribution in [2.24, 2.45) is 0 Å². The van der Waals surface area contributed by atoms with E-state index < -0.39 is 0 Å². The maximum Gasteiger partial charge on any atom is 0.254 e. The van der Waals surface area contributed by atoms with Gasteiger partial charge in [-0.05, 0) is 36.1 Å². The summed E-state index contributed by atoms with van der Waals surface area (Å²) in [4.78, 5) is 16.4. The lowest BCUT2D eigenvalue weighted by molar-refractivity contribution is 0.0947. The summed E-state index contributed by atoms with van der Waals surface area (Å²) in [5.74, 6) is 1.32. The topological polar surface area (TPSA) is 60.5 Å². The van der Waals surface area contributed by atoms with Crippen molar-refractivity contribution in [2.45, 2.75) is 11.6 Å². The molecular formula is C15H14N2O3S. The van der Waals surface area contributed by atoms with Crippen molar-refractivity contribution in [2.75, 3.05) is 13.0 Å². The number of fused-ring (bicyclic) bond motifs is 1. The number of nitrogens with one attached hydrogen (secondary N) is 1. The van der Waals surface area contributed by atoms with Gasteiger partial charge in [-0.15, -0.1) is 11.8 Å². The van der Waals surface area contributed by atoms with E-state index in [4.69, 9.17) is 9.47 Å². The molecule has 0 bridgehead atoms. The van der Waals surface area contributed by atoms with Gasteiger partial charge in [-0.2, -0.15) is 0 Å².